The molecule has 2 nitrogen and oxygen atoms in total. The van der Waals surface area contributed by atoms with Crippen LogP contribution in [-0.2, 0) is 0 Å². The van der Waals surface area contributed by atoms with Crippen LogP contribution in [0.4, 0.5) is 24.5 Å². The number of rotatable bonds is 3. The zero-order valence-corrected chi connectivity index (χ0v) is 6.73. The van der Waals surface area contributed by atoms with Gasteiger partial charge in [-0.3, -0.25) is 0 Å². The molecule has 0 aromatic heterocycles. The molecule has 1 aromatic rings. The molecule has 1 rings (SSSR count). The Bertz CT molecular complexity index is 289. The van der Waals surface area contributed by atoms with E-state index in [0.717, 1.165) is 6.07 Å². The highest BCUT2D eigenvalue weighted by atomic mass is 19.3. The maximum absolute atomic E-state index is 12.9. The van der Waals surface area contributed by atoms with Gasteiger partial charge in [0, 0.05) is 5.69 Å². The maximum atomic E-state index is 12.9. The minimum Gasteiger partial charge on any atom is -0.399 e. The normalized spacial score (nSPS) is 10.5. The van der Waals surface area contributed by atoms with Crippen LogP contribution in [0.15, 0.2) is 18.2 Å². The van der Waals surface area contributed by atoms with Crippen LogP contribution in [0.25, 0.3) is 0 Å². The highest BCUT2D eigenvalue weighted by Gasteiger charge is 2.05. The summed E-state index contributed by atoms with van der Waals surface area (Å²) in [5, 5.41) is 2.26. The predicted octanol–water partition coefficient (Wildman–Crippen LogP) is 2.08. The van der Waals surface area contributed by atoms with Crippen molar-refractivity contribution in [1.82, 2.24) is 0 Å². The summed E-state index contributed by atoms with van der Waals surface area (Å²) in [5.74, 6) is -0.624. The highest BCUT2D eigenvalue weighted by molar-refractivity contribution is 5.52. The molecule has 0 heterocycles. The van der Waals surface area contributed by atoms with E-state index in [1.807, 2.05) is 0 Å². The summed E-state index contributed by atoms with van der Waals surface area (Å²) in [6.07, 6.45) is -2.50. The number of nitrogens with two attached hydrogens (primary N) is 1. The minimum atomic E-state index is -2.50. The van der Waals surface area contributed by atoms with E-state index in [0.29, 0.717) is 0 Å². The second kappa shape index (κ2) is 4.02. The monoisotopic (exact) mass is 190 g/mol. The molecule has 0 aliphatic rings. The van der Waals surface area contributed by atoms with Crippen molar-refractivity contribution in [3.8, 4) is 0 Å². The fourth-order valence-electron chi connectivity index (χ4n) is 0.862. The highest BCUT2D eigenvalue weighted by Crippen LogP contribution is 2.16. The quantitative estimate of drug-likeness (QED) is 0.716. The smallest absolute Gasteiger partial charge is 0.255 e. The molecule has 3 N–H and O–H groups in total. The Labute approximate surface area is 73.5 Å². The van der Waals surface area contributed by atoms with Gasteiger partial charge in [-0.1, -0.05) is 0 Å². The summed E-state index contributed by atoms with van der Waals surface area (Å²) in [4.78, 5) is 0. The van der Waals surface area contributed by atoms with Gasteiger partial charge in [0.1, 0.15) is 5.82 Å². The number of hydrogen-bond donors (Lipinski definition) is 2. The van der Waals surface area contributed by atoms with E-state index in [-0.39, 0.29) is 11.4 Å². The third-order valence-electron chi connectivity index (χ3n) is 1.44. The van der Waals surface area contributed by atoms with Crippen molar-refractivity contribution < 1.29 is 13.2 Å². The van der Waals surface area contributed by atoms with Gasteiger partial charge in [-0.2, -0.15) is 0 Å². The first-order chi connectivity index (χ1) is 6.09. The Hall–Kier alpha value is -1.39. The number of alkyl halides is 2. The van der Waals surface area contributed by atoms with Gasteiger partial charge in [0.2, 0.25) is 0 Å². The lowest BCUT2D eigenvalue weighted by molar-refractivity contribution is 0.163. The first kappa shape index (κ1) is 9.70. The van der Waals surface area contributed by atoms with Crippen molar-refractivity contribution in [1.29, 1.82) is 0 Å². The fraction of sp³-hybridized carbons (Fsp3) is 0.250. The van der Waals surface area contributed by atoms with Crippen LogP contribution in [0.2, 0.25) is 0 Å². The zero-order chi connectivity index (χ0) is 9.84. The average molecular weight is 190 g/mol. The molecule has 0 bridgehead atoms. The van der Waals surface area contributed by atoms with Crippen molar-refractivity contribution in [2.75, 3.05) is 17.6 Å². The van der Waals surface area contributed by atoms with Crippen molar-refractivity contribution in [2.24, 2.45) is 0 Å². The molecule has 72 valence electrons. The Kier molecular flexibility index (Phi) is 3.00. The number of benzene rings is 1. The van der Waals surface area contributed by atoms with E-state index in [1.165, 1.54) is 12.1 Å². The predicted molar refractivity (Wildman–Crippen MR) is 45.3 cm³/mol. The van der Waals surface area contributed by atoms with E-state index in [9.17, 15) is 13.2 Å². The molecule has 13 heavy (non-hydrogen) atoms. The summed E-state index contributed by atoms with van der Waals surface area (Å²) in [6, 6.07) is 3.84. The fourth-order valence-corrected chi connectivity index (χ4v) is 0.862. The number of nitrogens with one attached hydrogen (secondary N) is 1. The SMILES string of the molecule is Nc1ccc(NCC(F)F)c(F)c1. The van der Waals surface area contributed by atoms with Gasteiger partial charge in [-0.05, 0) is 18.2 Å². The molecule has 0 spiro atoms. The first-order valence-electron chi connectivity index (χ1n) is 3.66. The molecule has 5 heteroatoms. The first-order valence-corrected chi connectivity index (χ1v) is 3.66. The third kappa shape index (κ3) is 2.85. The van der Waals surface area contributed by atoms with Crippen molar-refractivity contribution in [3.63, 3.8) is 0 Å². The van der Waals surface area contributed by atoms with E-state index < -0.39 is 18.8 Å². The van der Waals surface area contributed by atoms with Crippen LogP contribution in [-0.4, -0.2) is 13.0 Å². The van der Waals surface area contributed by atoms with E-state index in [1.54, 1.807) is 0 Å². The number of nitrogen functional groups attached to an aromatic ring is 1. The summed E-state index contributed by atoms with van der Waals surface area (Å²) in [7, 11) is 0. The molecule has 1 aromatic carbocycles. The standard InChI is InChI=1S/C8H9F3N2/c9-6-3-5(12)1-2-7(6)13-4-8(10)11/h1-3,8,13H,4,12H2. The third-order valence-corrected chi connectivity index (χ3v) is 1.44. The second-order valence-corrected chi connectivity index (χ2v) is 2.51. The van der Waals surface area contributed by atoms with Crippen LogP contribution in [0.5, 0.6) is 0 Å². The van der Waals surface area contributed by atoms with Gasteiger partial charge in [-0.25, -0.2) is 13.2 Å². The molecule has 0 fully saturated rings. The van der Waals surface area contributed by atoms with Crippen LogP contribution >= 0.6 is 0 Å². The Morgan fingerprint density at radius 2 is 2.08 bits per heavy atom. The number of hydrogen-bond acceptors (Lipinski definition) is 2. The lowest BCUT2D eigenvalue weighted by atomic mass is 10.2. The summed E-state index contributed by atoms with van der Waals surface area (Å²) in [5.41, 5.74) is 5.57. The molecule has 0 saturated carbocycles. The molecular weight excluding hydrogens is 181 g/mol. The van der Waals surface area contributed by atoms with Crippen LogP contribution < -0.4 is 11.1 Å². The lowest BCUT2D eigenvalue weighted by Crippen LogP contribution is -2.11. The van der Waals surface area contributed by atoms with Gasteiger partial charge < -0.3 is 11.1 Å². The lowest BCUT2D eigenvalue weighted by Gasteiger charge is -2.06. The molecule has 0 saturated heterocycles. The molecule has 0 aliphatic heterocycles. The van der Waals surface area contributed by atoms with E-state index >= 15 is 0 Å². The molecule has 0 atom stereocenters. The average Bonchev–Trinajstić information content (AvgIpc) is 2.02. The summed E-state index contributed by atoms with van der Waals surface area (Å²) < 4.78 is 36.4. The second-order valence-electron chi connectivity index (χ2n) is 2.51. The Morgan fingerprint density at radius 1 is 1.38 bits per heavy atom. The van der Waals surface area contributed by atoms with Crippen molar-refractivity contribution >= 4 is 11.4 Å². The van der Waals surface area contributed by atoms with Crippen LogP contribution in [0, 0.1) is 5.82 Å². The summed E-state index contributed by atoms with van der Waals surface area (Å²) in [6.45, 7) is -0.569. The largest absolute Gasteiger partial charge is 0.399 e. The molecule has 0 aliphatic carbocycles. The molecule has 0 unspecified atom stereocenters. The van der Waals surface area contributed by atoms with E-state index in [2.05, 4.69) is 5.32 Å². The number of halogens is 3. The zero-order valence-electron chi connectivity index (χ0n) is 6.73. The van der Waals surface area contributed by atoms with Crippen LogP contribution in [0.3, 0.4) is 0 Å². The Morgan fingerprint density at radius 3 is 2.62 bits per heavy atom. The molecular formula is C8H9F3N2. The van der Waals surface area contributed by atoms with Gasteiger partial charge in [0.15, 0.2) is 0 Å². The maximum Gasteiger partial charge on any atom is 0.255 e. The topological polar surface area (TPSA) is 38.0 Å². The van der Waals surface area contributed by atoms with Crippen LogP contribution in [0.1, 0.15) is 0 Å². The van der Waals surface area contributed by atoms with Gasteiger partial charge in [-0.15, -0.1) is 0 Å². The van der Waals surface area contributed by atoms with Gasteiger partial charge >= 0.3 is 0 Å². The van der Waals surface area contributed by atoms with Gasteiger partial charge in [0.05, 0.1) is 12.2 Å². The Balaban J connectivity index is 2.67. The van der Waals surface area contributed by atoms with Crippen molar-refractivity contribution in [3.05, 3.63) is 24.0 Å². The molecule has 0 amide bonds. The molecule has 0 radical (unpaired) electrons. The minimum absolute atomic E-state index is 0.0366. The van der Waals surface area contributed by atoms with E-state index in [4.69, 9.17) is 5.73 Å². The van der Waals surface area contributed by atoms with Crippen molar-refractivity contribution in [2.45, 2.75) is 6.43 Å². The number of anilines is 2. The van der Waals surface area contributed by atoms with Gasteiger partial charge in [0.25, 0.3) is 6.43 Å². The summed E-state index contributed by atoms with van der Waals surface area (Å²) >= 11 is 0.